The molecular weight excluding hydrogens is 355 g/mol. The Balaban J connectivity index is 1.60. The maximum absolute atomic E-state index is 13.9. The second kappa shape index (κ2) is 9.31. The van der Waals surface area contributed by atoms with E-state index in [1.807, 2.05) is 30.3 Å². The highest BCUT2D eigenvalue weighted by Crippen LogP contribution is 2.24. The first-order valence-corrected chi connectivity index (χ1v) is 9.57. The summed E-state index contributed by atoms with van der Waals surface area (Å²) >= 11 is 0. The van der Waals surface area contributed by atoms with Gasteiger partial charge in [-0.25, -0.2) is 9.37 Å². The predicted molar refractivity (Wildman–Crippen MR) is 107 cm³/mol. The second-order valence-corrected chi connectivity index (χ2v) is 7.26. The van der Waals surface area contributed by atoms with Crippen molar-refractivity contribution in [2.45, 2.75) is 39.2 Å². The lowest BCUT2D eigenvalue weighted by Gasteiger charge is -2.21. The molecule has 0 radical (unpaired) electrons. The van der Waals surface area contributed by atoms with Crippen LogP contribution in [0.3, 0.4) is 0 Å². The van der Waals surface area contributed by atoms with E-state index in [2.05, 4.69) is 24.1 Å². The molecule has 0 spiro atoms. The van der Waals surface area contributed by atoms with Crippen LogP contribution in [0.2, 0.25) is 0 Å². The third-order valence-corrected chi connectivity index (χ3v) is 4.50. The molecule has 0 saturated carbocycles. The molecule has 0 fully saturated rings. The standard InChI is InChI=1S/C23H25FN2O2/c1-16(2)14-20(17-8-4-3-5-9-17)26-22(27)12-13-23-25-15-21(28-23)18-10-6-7-11-19(18)24/h3-11,15-16,20H,12-14H2,1-2H3,(H,26,27). The van der Waals surface area contributed by atoms with Crippen LogP contribution in [0, 0.1) is 11.7 Å². The van der Waals surface area contributed by atoms with Gasteiger partial charge in [0.25, 0.3) is 0 Å². The zero-order chi connectivity index (χ0) is 19.9. The van der Waals surface area contributed by atoms with E-state index in [1.54, 1.807) is 18.2 Å². The van der Waals surface area contributed by atoms with Crippen LogP contribution in [-0.2, 0) is 11.2 Å². The number of nitrogens with one attached hydrogen (secondary N) is 1. The van der Waals surface area contributed by atoms with Crippen LogP contribution in [0.15, 0.2) is 65.2 Å². The van der Waals surface area contributed by atoms with Gasteiger partial charge >= 0.3 is 0 Å². The van der Waals surface area contributed by atoms with Crippen molar-refractivity contribution < 1.29 is 13.6 Å². The average molecular weight is 380 g/mol. The molecule has 3 rings (SSSR count). The fourth-order valence-corrected chi connectivity index (χ4v) is 3.13. The normalized spacial score (nSPS) is 12.1. The van der Waals surface area contributed by atoms with Gasteiger partial charge in [0.05, 0.1) is 17.8 Å². The largest absolute Gasteiger partial charge is 0.441 e. The molecule has 0 aliphatic heterocycles. The SMILES string of the molecule is CC(C)CC(NC(=O)CCc1ncc(-c2ccccc2F)o1)c1ccccc1. The lowest BCUT2D eigenvalue weighted by molar-refractivity contribution is -0.122. The van der Waals surface area contributed by atoms with E-state index in [-0.39, 0.29) is 24.2 Å². The van der Waals surface area contributed by atoms with E-state index < -0.39 is 0 Å². The van der Waals surface area contributed by atoms with E-state index in [0.29, 0.717) is 29.6 Å². The second-order valence-electron chi connectivity index (χ2n) is 7.26. The summed E-state index contributed by atoms with van der Waals surface area (Å²) in [7, 11) is 0. The maximum Gasteiger partial charge on any atom is 0.220 e. The summed E-state index contributed by atoms with van der Waals surface area (Å²) in [4.78, 5) is 16.6. The molecule has 1 unspecified atom stereocenters. The van der Waals surface area contributed by atoms with Gasteiger partial charge in [0.2, 0.25) is 5.91 Å². The van der Waals surface area contributed by atoms with Crippen LogP contribution in [0.5, 0.6) is 0 Å². The molecule has 0 bridgehead atoms. The zero-order valence-electron chi connectivity index (χ0n) is 16.2. The Morgan fingerprint density at radius 1 is 1.11 bits per heavy atom. The number of amides is 1. The summed E-state index contributed by atoms with van der Waals surface area (Å²) in [5.41, 5.74) is 1.47. The lowest BCUT2D eigenvalue weighted by atomic mass is 9.97. The van der Waals surface area contributed by atoms with Crippen LogP contribution in [-0.4, -0.2) is 10.9 Å². The first-order valence-electron chi connectivity index (χ1n) is 9.57. The Morgan fingerprint density at radius 3 is 2.54 bits per heavy atom. The minimum atomic E-state index is -0.359. The Labute approximate surface area is 164 Å². The highest BCUT2D eigenvalue weighted by Gasteiger charge is 2.17. The summed E-state index contributed by atoms with van der Waals surface area (Å²) < 4.78 is 19.5. The van der Waals surface area contributed by atoms with Gasteiger partial charge in [-0.05, 0) is 30.0 Å². The quantitative estimate of drug-likeness (QED) is 0.576. The highest BCUT2D eigenvalue weighted by atomic mass is 19.1. The summed E-state index contributed by atoms with van der Waals surface area (Å²) in [6.07, 6.45) is 2.99. The summed E-state index contributed by atoms with van der Waals surface area (Å²) in [5, 5.41) is 3.11. The Morgan fingerprint density at radius 2 is 1.82 bits per heavy atom. The van der Waals surface area contributed by atoms with Crippen LogP contribution >= 0.6 is 0 Å². The minimum Gasteiger partial charge on any atom is -0.441 e. The van der Waals surface area contributed by atoms with Crippen molar-refractivity contribution in [3.8, 4) is 11.3 Å². The van der Waals surface area contributed by atoms with E-state index in [9.17, 15) is 9.18 Å². The van der Waals surface area contributed by atoms with Gasteiger partial charge < -0.3 is 9.73 Å². The van der Waals surface area contributed by atoms with Crippen molar-refractivity contribution in [2.75, 3.05) is 0 Å². The predicted octanol–water partition coefficient (Wildman–Crippen LogP) is 5.32. The van der Waals surface area contributed by atoms with Crippen LogP contribution < -0.4 is 5.32 Å². The number of nitrogens with zero attached hydrogens (tertiary/aromatic N) is 1. The molecule has 1 N–H and O–H groups in total. The van der Waals surface area contributed by atoms with Crippen LogP contribution in [0.25, 0.3) is 11.3 Å². The number of carbonyl (C=O) groups is 1. The first kappa shape index (κ1) is 19.8. The third kappa shape index (κ3) is 5.28. The summed E-state index contributed by atoms with van der Waals surface area (Å²) in [6, 6.07) is 16.3. The van der Waals surface area contributed by atoms with E-state index >= 15 is 0 Å². The molecule has 28 heavy (non-hydrogen) atoms. The number of benzene rings is 2. The first-order chi connectivity index (χ1) is 13.5. The molecule has 1 amide bonds. The van der Waals surface area contributed by atoms with Crippen molar-refractivity contribution in [3.63, 3.8) is 0 Å². The number of halogens is 1. The fourth-order valence-electron chi connectivity index (χ4n) is 3.13. The molecular formula is C23H25FN2O2. The zero-order valence-corrected chi connectivity index (χ0v) is 16.2. The average Bonchev–Trinajstić information content (AvgIpc) is 3.15. The number of carbonyl (C=O) groups excluding carboxylic acids is 1. The van der Waals surface area contributed by atoms with Crippen molar-refractivity contribution in [3.05, 3.63) is 78.1 Å². The van der Waals surface area contributed by atoms with Crippen molar-refractivity contribution in [2.24, 2.45) is 5.92 Å². The fraction of sp³-hybridized carbons (Fsp3) is 0.304. The molecule has 0 aliphatic rings. The number of hydrogen-bond acceptors (Lipinski definition) is 3. The number of rotatable bonds is 8. The molecule has 1 heterocycles. The number of hydrogen-bond donors (Lipinski definition) is 1. The molecule has 0 aliphatic carbocycles. The minimum absolute atomic E-state index is 0.0211. The lowest BCUT2D eigenvalue weighted by Crippen LogP contribution is -2.29. The number of aryl methyl sites for hydroxylation is 1. The molecule has 2 aromatic carbocycles. The van der Waals surface area contributed by atoms with Crippen molar-refractivity contribution in [1.82, 2.24) is 10.3 Å². The molecule has 4 nitrogen and oxygen atoms in total. The molecule has 1 aromatic heterocycles. The van der Waals surface area contributed by atoms with E-state index in [1.165, 1.54) is 12.3 Å². The topological polar surface area (TPSA) is 55.1 Å². The maximum atomic E-state index is 13.9. The van der Waals surface area contributed by atoms with E-state index in [4.69, 9.17) is 4.42 Å². The molecule has 1 atom stereocenters. The van der Waals surface area contributed by atoms with Gasteiger partial charge in [0.1, 0.15) is 5.82 Å². The third-order valence-electron chi connectivity index (χ3n) is 4.50. The Bertz CT molecular complexity index is 906. The van der Waals surface area contributed by atoms with Gasteiger partial charge in [0.15, 0.2) is 11.7 Å². The molecule has 3 aromatic rings. The highest BCUT2D eigenvalue weighted by molar-refractivity contribution is 5.76. The summed E-state index contributed by atoms with van der Waals surface area (Å²) in [5.74, 6) is 0.840. The molecule has 5 heteroatoms. The van der Waals surface area contributed by atoms with Crippen LogP contribution in [0.1, 0.15) is 44.2 Å². The number of oxazole rings is 1. The van der Waals surface area contributed by atoms with Gasteiger partial charge in [-0.1, -0.05) is 56.3 Å². The summed E-state index contributed by atoms with van der Waals surface area (Å²) in [6.45, 7) is 4.28. The van der Waals surface area contributed by atoms with E-state index in [0.717, 1.165) is 12.0 Å². The van der Waals surface area contributed by atoms with Crippen molar-refractivity contribution >= 4 is 5.91 Å². The molecule has 146 valence electrons. The van der Waals surface area contributed by atoms with Gasteiger partial charge in [-0.3, -0.25) is 4.79 Å². The van der Waals surface area contributed by atoms with Gasteiger partial charge in [0, 0.05) is 12.8 Å². The smallest absolute Gasteiger partial charge is 0.220 e. The molecule has 0 saturated heterocycles. The Hall–Kier alpha value is -2.95. The van der Waals surface area contributed by atoms with Crippen molar-refractivity contribution in [1.29, 1.82) is 0 Å². The van der Waals surface area contributed by atoms with Gasteiger partial charge in [-0.15, -0.1) is 0 Å². The monoisotopic (exact) mass is 380 g/mol. The number of aromatic nitrogens is 1. The Kier molecular flexibility index (Phi) is 6.58. The van der Waals surface area contributed by atoms with Gasteiger partial charge in [-0.2, -0.15) is 0 Å². The van der Waals surface area contributed by atoms with Crippen LogP contribution in [0.4, 0.5) is 4.39 Å².